The van der Waals surface area contributed by atoms with E-state index in [9.17, 15) is 9.90 Å². The van der Waals surface area contributed by atoms with Crippen LogP contribution in [0.2, 0.25) is 0 Å². The fourth-order valence-corrected chi connectivity index (χ4v) is 3.63. The Hall–Kier alpha value is -0.570. The van der Waals surface area contributed by atoms with Crippen molar-refractivity contribution in [2.45, 2.75) is 76.9 Å². The van der Waals surface area contributed by atoms with Gasteiger partial charge in [-0.1, -0.05) is 26.7 Å². The maximum absolute atomic E-state index is 11.3. The molecule has 0 aromatic rings. The molecule has 18 heavy (non-hydrogen) atoms. The van der Waals surface area contributed by atoms with E-state index >= 15 is 0 Å². The summed E-state index contributed by atoms with van der Waals surface area (Å²) in [7, 11) is 0. The van der Waals surface area contributed by atoms with Crippen molar-refractivity contribution in [3.8, 4) is 0 Å². The Labute approximate surface area is 110 Å². The summed E-state index contributed by atoms with van der Waals surface area (Å²) in [4.78, 5) is 11.3. The minimum atomic E-state index is -0.653. The van der Waals surface area contributed by atoms with Crippen LogP contribution in [0.4, 0.5) is 0 Å². The smallest absolute Gasteiger partial charge is 0.306 e. The minimum Gasteiger partial charge on any atom is -0.481 e. The first-order valence-electron chi connectivity index (χ1n) is 7.41. The Morgan fingerprint density at radius 3 is 2.56 bits per heavy atom. The predicted molar refractivity (Wildman–Crippen MR) is 70.5 cm³/mol. The van der Waals surface area contributed by atoms with Crippen molar-refractivity contribution in [3.05, 3.63) is 0 Å². The second-order valence-corrected chi connectivity index (χ2v) is 6.57. The third-order valence-electron chi connectivity index (χ3n) is 4.51. The molecule has 1 saturated carbocycles. The van der Waals surface area contributed by atoms with Gasteiger partial charge in [0.15, 0.2) is 0 Å². The van der Waals surface area contributed by atoms with Crippen LogP contribution in [-0.2, 0) is 9.53 Å². The fourth-order valence-electron chi connectivity index (χ4n) is 3.63. The van der Waals surface area contributed by atoms with Gasteiger partial charge in [0, 0.05) is 0 Å². The summed E-state index contributed by atoms with van der Waals surface area (Å²) in [5, 5.41) is 9.28. The summed E-state index contributed by atoms with van der Waals surface area (Å²) in [5.41, 5.74) is 0.131. The van der Waals surface area contributed by atoms with E-state index in [0.29, 0.717) is 12.3 Å². The number of carboxylic acid groups (broad SMARTS) is 1. The Morgan fingerprint density at radius 1 is 1.33 bits per heavy atom. The zero-order valence-electron chi connectivity index (χ0n) is 11.7. The van der Waals surface area contributed by atoms with Gasteiger partial charge in [0.25, 0.3) is 0 Å². The van der Waals surface area contributed by atoms with Gasteiger partial charge in [-0.15, -0.1) is 0 Å². The highest BCUT2D eigenvalue weighted by Gasteiger charge is 2.43. The number of carbonyl (C=O) groups is 1. The summed E-state index contributed by atoms with van der Waals surface area (Å²) in [6.07, 6.45) is 8.78. The first-order chi connectivity index (χ1) is 8.51. The van der Waals surface area contributed by atoms with Crippen LogP contribution >= 0.6 is 0 Å². The number of carboxylic acids is 1. The molecule has 1 spiro atoms. The standard InChI is InChI=1S/C15H26O3/c1-11(2)9-12(14(16)17)10-13-5-8-15(18-13)6-3-4-7-15/h11-13H,3-10H2,1-2H3,(H,16,17). The highest BCUT2D eigenvalue weighted by molar-refractivity contribution is 5.70. The summed E-state index contributed by atoms with van der Waals surface area (Å²) in [5.74, 6) is -0.445. The Bertz CT molecular complexity index is 292. The monoisotopic (exact) mass is 254 g/mol. The van der Waals surface area contributed by atoms with Gasteiger partial charge in [0.1, 0.15) is 0 Å². The largest absolute Gasteiger partial charge is 0.481 e. The lowest BCUT2D eigenvalue weighted by molar-refractivity contribution is -0.144. The topological polar surface area (TPSA) is 46.5 Å². The average molecular weight is 254 g/mol. The SMILES string of the molecule is CC(C)CC(CC1CCC2(CCCC2)O1)C(=O)O. The van der Waals surface area contributed by atoms with Crippen LogP contribution < -0.4 is 0 Å². The van der Waals surface area contributed by atoms with Gasteiger partial charge < -0.3 is 9.84 Å². The number of ether oxygens (including phenoxy) is 1. The van der Waals surface area contributed by atoms with E-state index in [1.165, 1.54) is 25.7 Å². The van der Waals surface area contributed by atoms with Crippen LogP contribution in [-0.4, -0.2) is 22.8 Å². The van der Waals surface area contributed by atoms with Crippen LogP contribution in [0.1, 0.15) is 65.2 Å². The molecule has 2 atom stereocenters. The highest BCUT2D eigenvalue weighted by Crippen LogP contribution is 2.44. The molecule has 2 rings (SSSR count). The van der Waals surface area contributed by atoms with Crippen molar-refractivity contribution in [1.82, 2.24) is 0 Å². The first-order valence-corrected chi connectivity index (χ1v) is 7.41. The minimum absolute atomic E-state index is 0.131. The van der Waals surface area contributed by atoms with Gasteiger partial charge in [-0.25, -0.2) is 0 Å². The average Bonchev–Trinajstić information content (AvgIpc) is 2.88. The van der Waals surface area contributed by atoms with Gasteiger partial charge in [-0.2, -0.15) is 0 Å². The lowest BCUT2D eigenvalue weighted by Crippen LogP contribution is -2.27. The molecule has 1 saturated heterocycles. The van der Waals surface area contributed by atoms with Crippen molar-refractivity contribution in [3.63, 3.8) is 0 Å². The molecule has 0 radical (unpaired) electrons. The van der Waals surface area contributed by atoms with Crippen LogP contribution in [0, 0.1) is 11.8 Å². The summed E-state index contributed by atoms with van der Waals surface area (Å²) in [6.45, 7) is 4.17. The molecular formula is C15H26O3. The van der Waals surface area contributed by atoms with Gasteiger partial charge in [-0.3, -0.25) is 4.79 Å². The molecule has 1 heterocycles. The van der Waals surface area contributed by atoms with E-state index in [1.54, 1.807) is 0 Å². The van der Waals surface area contributed by atoms with Crippen molar-refractivity contribution in [2.24, 2.45) is 11.8 Å². The molecule has 1 aliphatic carbocycles. The van der Waals surface area contributed by atoms with Crippen molar-refractivity contribution >= 4 is 5.97 Å². The summed E-state index contributed by atoms with van der Waals surface area (Å²) >= 11 is 0. The molecule has 0 aromatic carbocycles. The Kier molecular flexibility index (Phi) is 4.31. The summed E-state index contributed by atoms with van der Waals surface area (Å²) in [6, 6.07) is 0. The first kappa shape index (κ1) is 13.9. The zero-order chi connectivity index (χ0) is 13.2. The lowest BCUT2D eigenvalue weighted by atomic mass is 9.91. The molecule has 104 valence electrons. The van der Waals surface area contributed by atoms with E-state index in [1.807, 2.05) is 0 Å². The molecule has 1 N–H and O–H groups in total. The molecule has 2 fully saturated rings. The maximum atomic E-state index is 11.3. The highest BCUT2D eigenvalue weighted by atomic mass is 16.5. The van der Waals surface area contributed by atoms with Crippen LogP contribution in [0.15, 0.2) is 0 Å². The van der Waals surface area contributed by atoms with E-state index in [2.05, 4.69) is 13.8 Å². The van der Waals surface area contributed by atoms with Crippen molar-refractivity contribution in [2.75, 3.05) is 0 Å². The fraction of sp³-hybridized carbons (Fsp3) is 0.933. The van der Waals surface area contributed by atoms with Crippen molar-refractivity contribution < 1.29 is 14.6 Å². The van der Waals surface area contributed by atoms with E-state index in [4.69, 9.17) is 4.74 Å². The van der Waals surface area contributed by atoms with E-state index < -0.39 is 5.97 Å². The third-order valence-corrected chi connectivity index (χ3v) is 4.51. The van der Waals surface area contributed by atoms with Gasteiger partial charge in [0.05, 0.1) is 17.6 Å². The Balaban J connectivity index is 1.87. The van der Waals surface area contributed by atoms with Gasteiger partial charge >= 0.3 is 5.97 Å². The molecule has 2 unspecified atom stereocenters. The Morgan fingerprint density at radius 2 is 2.00 bits per heavy atom. The van der Waals surface area contributed by atoms with E-state index in [-0.39, 0.29) is 17.6 Å². The molecule has 0 aromatic heterocycles. The maximum Gasteiger partial charge on any atom is 0.306 e. The quantitative estimate of drug-likeness (QED) is 0.815. The van der Waals surface area contributed by atoms with Crippen LogP contribution in [0.3, 0.4) is 0 Å². The third kappa shape index (κ3) is 3.25. The number of rotatable bonds is 5. The number of aliphatic carboxylic acids is 1. The van der Waals surface area contributed by atoms with Gasteiger partial charge in [0.2, 0.25) is 0 Å². The molecule has 2 aliphatic rings. The zero-order valence-corrected chi connectivity index (χ0v) is 11.7. The molecule has 0 bridgehead atoms. The normalized spacial score (nSPS) is 28.1. The van der Waals surface area contributed by atoms with Crippen LogP contribution in [0.25, 0.3) is 0 Å². The predicted octanol–water partition coefficient (Wildman–Crippen LogP) is 3.62. The molecule has 1 aliphatic heterocycles. The lowest BCUT2D eigenvalue weighted by Gasteiger charge is -2.25. The van der Waals surface area contributed by atoms with E-state index in [0.717, 1.165) is 19.3 Å². The number of hydrogen-bond donors (Lipinski definition) is 1. The molecule has 3 heteroatoms. The van der Waals surface area contributed by atoms with Crippen molar-refractivity contribution in [1.29, 1.82) is 0 Å². The second-order valence-electron chi connectivity index (χ2n) is 6.57. The molecule has 3 nitrogen and oxygen atoms in total. The second kappa shape index (κ2) is 5.60. The summed E-state index contributed by atoms with van der Waals surface area (Å²) < 4.78 is 6.21. The molecule has 0 amide bonds. The van der Waals surface area contributed by atoms with Gasteiger partial charge in [-0.05, 0) is 44.4 Å². The molecular weight excluding hydrogens is 228 g/mol. The van der Waals surface area contributed by atoms with Crippen LogP contribution in [0.5, 0.6) is 0 Å². The number of hydrogen-bond acceptors (Lipinski definition) is 2.